The zero-order valence-corrected chi connectivity index (χ0v) is 10.3. The van der Waals surface area contributed by atoms with Crippen LogP contribution < -0.4 is 10.9 Å². The van der Waals surface area contributed by atoms with Crippen LogP contribution >= 0.6 is 23.2 Å². The number of H-pyrrole nitrogens is 1. The molecule has 0 aliphatic carbocycles. The average molecular weight is 285 g/mol. The normalized spacial score (nSPS) is 10.1. The quantitative estimate of drug-likeness (QED) is 0.822. The van der Waals surface area contributed by atoms with E-state index in [1.807, 2.05) is 0 Å². The van der Waals surface area contributed by atoms with Gasteiger partial charge in [-0.15, -0.1) is 0 Å². The van der Waals surface area contributed by atoms with Gasteiger partial charge in [0.2, 0.25) is 0 Å². The lowest BCUT2D eigenvalue weighted by Crippen LogP contribution is -2.15. The van der Waals surface area contributed by atoms with Gasteiger partial charge in [-0.05, 0) is 18.2 Å². The molecule has 0 saturated carbocycles. The van der Waals surface area contributed by atoms with Gasteiger partial charge in [0, 0.05) is 11.6 Å². The lowest BCUT2D eigenvalue weighted by Gasteiger charge is -2.04. The highest BCUT2D eigenvalue weighted by molar-refractivity contribution is 6.33. The lowest BCUT2D eigenvalue weighted by molar-refractivity contribution is 0.102. The third-order valence-electron chi connectivity index (χ3n) is 1.95. The van der Waals surface area contributed by atoms with E-state index in [4.69, 9.17) is 23.2 Å². The summed E-state index contributed by atoms with van der Waals surface area (Å²) in [6.45, 7) is 0. The van der Waals surface area contributed by atoms with Gasteiger partial charge in [0.25, 0.3) is 11.5 Å². The van der Waals surface area contributed by atoms with Crippen LogP contribution in [0.3, 0.4) is 0 Å². The second-order valence-corrected chi connectivity index (χ2v) is 4.04. The van der Waals surface area contributed by atoms with Gasteiger partial charge in [-0.1, -0.05) is 23.2 Å². The van der Waals surface area contributed by atoms with E-state index in [0.29, 0.717) is 0 Å². The van der Waals surface area contributed by atoms with Crippen molar-refractivity contribution in [1.82, 2.24) is 15.2 Å². The average Bonchev–Trinajstić information content (AvgIpc) is 2.31. The first kappa shape index (κ1) is 12.5. The van der Waals surface area contributed by atoms with Gasteiger partial charge < -0.3 is 5.32 Å². The van der Waals surface area contributed by atoms with Crippen LogP contribution in [-0.4, -0.2) is 21.1 Å². The molecule has 2 rings (SSSR count). The van der Waals surface area contributed by atoms with E-state index in [1.54, 1.807) is 0 Å². The van der Waals surface area contributed by atoms with Gasteiger partial charge in [-0.25, -0.2) is 10.1 Å². The fourth-order valence-electron chi connectivity index (χ4n) is 1.20. The number of aromatic amines is 1. The molecule has 0 fully saturated rings. The molecular formula is C10H6Cl2N4O2. The minimum atomic E-state index is -0.458. The third-order valence-corrected chi connectivity index (χ3v) is 2.33. The Morgan fingerprint density at radius 3 is 2.44 bits per heavy atom. The first-order valence-electron chi connectivity index (χ1n) is 4.75. The van der Waals surface area contributed by atoms with Gasteiger partial charge in [0.05, 0.1) is 0 Å². The van der Waals surface area contributed by atoms with Crippen molar-refractivity contribution < 1.29 is 4.79 Å². The Morgan fingerprint density at radius 1 is 1.22 bits per heavy atom. The molecule has 6 nitrogen and oxygen atoms in total. The van der Waals surface area contributed by atoms with Crippen LogP contribution in [0.1, 0.15) is 10.4 Å². The molecule has 2 aromatic rings. The number of carbonyl (C=O) groups is 1. The van der Waals surface area contributed by atoms with E-state index < -0.39 is 5.91 Å². The van der Waals surface area contributed by atoms with E-state index in [0.717, 1.165) is 0 Å². The number of nitrogens with one attached hydrogen (secondary N) is 2. The topological polar surface area (TPSA) is 87.7 Å². The first-order valence-corrected chi connectivity index (χ1v) is 5.50. The van der Waals surface area contributed by atoms with Crippen LogP contribution in [-0.2, 0) is 0 Å². The van der Waals surface area contributed by atoms with Crippen LogP contribution in [0.2, 0.25) is 10.3 Å². The van der Waals surface area contributed by atoms with Crippen LogP contribution in [0.5, 0.6) is 0 Å². The number of nitrogens with zero attached hydrogens (tertiary/aromatic N) is 2. The molecule has 0 radical (unpaired) electrons. The largest absolute Gasteiger partial charge is 0.305 e. The van der Waals surface area contributed by atoms with E-state index >= 15 is 0 Å². The molecule has 0 aliphatic heterocycles. The van der Waals surface area contributed by atoms with Crippen molar-refractivity contribution in [3.8, 4) is 0 Å². The van der Waals surface area contributed by atoms with Crippen LogP contribution in [0.15, 0.2) is 29.1 Å². The number of anilines is 1. The monoisotopic (exact) mass is 284 g/mol. The van der Waals surface area contributed by atoms with Gasteiger partial charge in [-0.3, -0.25) is 9.59 Å². The minimum Gasteiger partial charge on any atom is -0.305 e. The predicted octanol–water partition coefficient (Wildman–Crippen LogP) is 1.72. The number of aromatic nitrogens is 3. The number of hydrogen-bond donors (Lipinski definition) is 2. The van der Waals surface area contributed by atoms with Crippen molar-refractivity contribution in [2.45, 2.75) is 0 Å². The Hall–Kier alpha value is -1.92. The summed E-state index contributed by atoms with van der Waals surface area (Å²) >= 11 is 11.4. The molecule has 0 aliphatic rings. The van der Waals surface area contributed by atoms with Gasteiger partial charge in [0.1, 0.15) is 10.3 Å². The molecule has 8 heteroatoms. The number of pyridine rings is 1. The molecule has 1 amide bonds. The molecule has 2 aromatic heterocycles. The molecule has 2 heterocycles. The molecule has 0 saturated heterocycles. The molecule has 0 unspecified atom stereocenters. The Bertz CT molecular complexity index is 616. The maximum Gasteiger partial charge on any atom is 0.264 e. The van der Waals surface area contributed by atoms with Gasteiger partial charge in [0.15, 0.2) is 5.82 Å². The molecule has 0 bridgehead atoms. The summed E-state index contributed by atoms with van der Waals surface area (Å²) < 4.78 is 0. The highest BCUT2D eigenvalue weighted by Gasteiger charge is 2.09. The van der Waals surface area contributed by atoms with Crippen LogP contribution in [0.4, 0.5) is 5.82 Å². The van der Waals surface area contributed by atoms with Crippen LogP contribution in [0, 0.1) is 0 Å². The first-order chi connectivity index (χ1) is 8.54. The maximum absolute atomic E-state index is 11.8. The second-order valence-electron chi connectivity index (χ2n) is 3.26. The molecule has 18 heavy (non-hydrogen) atoms. The summed E-state index contributed by atoms with van der Waals surface area (Å²) in [7, 11) is 0. The summed E-state index contributed by atoms with van der Waals surface area (Å²) in [5.74, 6) is -0.246. The lowest BCUT2D eigenvalue weighted by atomic mass is 10.2. The standard InChI is InChI=1S/C10H6Cl2N4O2/c11-6-3-5(4-7(12)13-6)10(18)14-8-1-2-9(17)16-15-8/h1-4H,(H,16,17)(H,14,15,18). The molecule has 0 spiro atoms. The molecular weight excluding hydrogens is 279 g/mol. The maximum atomic E-state index is 11.8. The minimum absolute atomic E-state index is 0.113. The second kappa shape index (κ2) is 5.16. The van der Waals surface area contributed by atoms with Crippen molar-refractivity contribution >= 4 is 34.9 Å². The van der Waals surface area contributed by atoms with E-state index in [9.17, 15) is 9.59 Å². The smallest absolute Gasteiger partial charge is 0.264 e. The van der Waals surface area contributed by atoms with Crippen molar-refractivity contribution in [3.63, 3.8) is 0 Å². The Balaban J connectivity index is 2.21. The van der Waals surface area contributed by atoms with Gasteiger partial charge >= 0.3 is 0 Å². The summed E-state index contributed by atoms with van der Waals surface area (Å²) in [6.07, 6.45) is 0. The molecule has 92 valence electrons. The Labute approximate surface area is 111 Å². The highest BCUT2D eigenvalue weighted by atomic mass is 35.5. The van der Waals surface area contributed by atoms with Crippen LogP contribution in [0.25, 0.3) is 0 Å². The summed E-state index contributed by atoms with van der Waals surface area (Å²) in [6, 6.07) is 5.36. The van der Waals surface area contributed by atoms with Crippen molar-refractivity contribution in [2.24, 2.45) is 0 Å². The highest BCUT2D eigenvalue weighted by Crippen LogP contribution is 2.15. The van der Waals surface area contributed by atoms with Crippen molar-refractivity contribution in [1.29, 1.82) is 0 Å². The van der Waals surface area contributed by atoms with Crippen molar-refractivity contribution in [3.05, 3.63) is 50.5 Å². The number of amides is 1. The SMILES string of the molecule is O=C(Nc1ccc(=O)[nH]n1)c1cc(Cl)nc(Cl)c1. The van der Waals surface area contributed by atoms with Crippen molar-refractivity contribution in [2.75, 3.05) is 5.32 Å². The number of hydrogen-bond acceptors (Lipinski definition) is 4. The fraction of sp³-hybridized carbons (Fsp3) is 0. The third kappa shape index (κ3) is 3.06. The molecule has 0 aromatic carbocycles. The number of halogens is 2. The van der Waals surface area contributed by atoms with Gasteiger partial charge in [-0.2, -0.15) is 5.10 Å². The zero-order chi connectivity index (χ0) is 13.1. The van der Waals surface area contributed by atoms with E-state index in [1.165, 1.54) is 24.3 Å². The van der Waals surface area contributed by atoms with E-state index in [-0.39, 0.29) is 27.2 Å². The number of rotatable bonds is 2. The summed E-state index contributed by atoms with van der Waals surface area (Å²) in [4.78, 5) is 26.3. The zero-order valence-electron chi connectivity index (χ0n) is 8.78. The Morgan fingerprint density at radius 2 is 1.89 bits per heavy atom. The summed E-state index contributed by atoms with van der Waals surface area (Å²) in [5, 5.41) is 8.53. The summed E-state index contributed by atoms with van der Waals surface area (Å²) in [5.41, 5.74) is -0.115. The Kier molecular flexibility index (Phi) is 3.59. The predicted molar refractivity (Wildman–Crippen MR) is 67.1 cm³/mol. The molecule has 2 N–H and O–H groups in total. The number of carbonyl (C=O) groups excluding carboxylic acids is 1. The van der Waals surface area contributed by atoms with E-state index in [2.05, 4.69) is 20.5 Å². The fourth-order valence-corrected chi connectivity index (χ4v) is 1.66. The molecule has 0 atom stereocenters.